The minimum absolute atomic E-state index is 0.176. The minimum Gasteiger partial charge on any atom is -0.381 e. The van der Waals surface area contributed by atoms with Crippen molar-refractivity contribution in [2.45, 2.75) is 13.3 Å². The normalized spacial score (nSPS) is 9.63. The predicted molar refractivity (Wildman–Crippen MR) is 72.1 cm³/mol. The van der Waals surface area contributed by atoms with Gasteiger partial charge in [0.2, 0.25) is 5.91 Å². The van der Waals surface area contributed by atoms with E-state index in [1.54, 1.807) is 6.07 Å². The van der Waals surface area contributed by atoms with E-state index in [1.165, 1.54) is 12.1 Å². The molecule has 1 amide bonds. The zero-order valence-corrected chi connectivity index (χ0v) is 10.8. The van der Waals surface area contributed by atoms with Gasteiger partial charge in [-0.2, -0.15) is 0 Å². The molecule has 0 unspecified atom stereocenters. The van der Waals surface area contributed by atoms with Crippen molar-refractivity contribution in [1.29, 1.82) is 0 Å². The molecule has 102 valence electrons. The molecule has 1 aromatic carbocycles. The third-order valence-electron chi connectivity index (χ3n) is 2.26. The van der Waals surface area contributed by atoms with Crippen molar-refractivity contribution in [1.82, 2.24) is 0 Å². The van der Waals surface area contributed by atoms with E-state index in [1.807, 2.05) is 6.92 Å². The predicted octanol–water partition coefficient (Wildman–Crippen LogP) is 1.50. The molecule has 0 aliphatic heterocycles. The molecule has 0 saturated carbocycles. The molecule has 0 aliphatic rings. The molecular formula is C14H17FN2O2. The zero-order valence-electron chi connectivity index (χ0n) is 10.8. The van der Waals surface area contributed by atoms with Gasteiger partial charge in [-0.05, 0) is 25.1 Å². The molecule has 3 N–H and O–H groups in total. The Morgan fingerprint density at radius 1 is 1.53 bits per heavy atom. The molecule has 0 bridgehead atoms. The number of carbonyl (C=O) groups excluding carboxylic acids is 1. The van der Waals surface area contributed by atoms with Gasteiger partial charge in [-0.1, -0.05) is 11.8 Å². The van der Waals surface area contributed by atoms with Crippen molar-refractivity contribution in [3.05, 3.63) is 29.6 Å². The number of benzene rings is 1. The smallest absolute Gasteiger partial charge is 0.226 e. The van der Waals surface area contributed by atoms with Crippen molar-refractivity contribution < 1.29 is 13.9 Å². The Kier molecular flexibility index (Phi) is 6.58. The lowest BCUT2D eigenvalue weighted by Crippen LogP contribution is -2.14. The zero-order chi connectivity index (χ0) is 14.1. The number of nitrogens with two attached hydrogens (primary N) is 1. The summed E-state index contributed by atoms with van der Waals surface area (Å²) in [7, 11) is 0. The summed E-state index contributed by atoms with van der Waals surface area (Å²) in [6, 6.07) is 4.34. The number of amides is 1. The van der Waals surface area contributed by atoms with Gasteiger partial charge in [-0.25, -0.2) is 4.39 Å². The lowest BCUT2D eigenvalue weighted by Gasteiger charge is -2.06. The second kappa shape index (κ2) is 8.25. The highest BCUT2D eigenvalue weighted by molar-refractivity contribution is 5.90. The molecule has 19 heavy (non-hydrogen) atoms. The van der Waals surface area contributed by atoms with Crippen LogP contribution in [0.25, 0.3) is 0 Å². The van der Waals surface area contributed by atoms with Crippen LogP contribution in [0.2, 0.25) is 0 Å². The third kappa shape index (κ3) is 5.51. The van der Waals surface area contributed by atoms with Crippen LogP contribution < -0.4 is 11.1 Å². The molecular weight excluding hydrogens is 247 g/mol. The van der Waals surface area contributed by atoms with Crippen LogP contribution in [-0.2, 0) is 9.53 Å². The fourth-order valence-corrected chi connectivity index (χ4v) is 1.37. The highest BCUT2D eigenvalue weighted by Crippen LogP contribution is 2.14. The van der Waals surface area contributed by atoms with Crippen LogP contribution in [0.3, 0.4) is 0 Å². The second-order valence-electron chi connectivity index (χ2n) is 3.70. The fraction of sp³-hybridized carbons (Fsp3) is 0.357. The van der Waals surface area contributed by atoms with Gasteiger partial charge in [-0.15, -0.1) is 0 Å². The average Bonchev–Trinajstić information content (AvgIpc) is 2.38. The summed E-state index contributed by atoms with van der Waals surface area (Å²) in [6.07, 6.45) is 0.240. The van der Waals surface area contributed by atoms with Crippen LogP contribution in [-0.4, -0.2) is 25.7 Å². The Morgan fingerprint density at radius 2 is 2.32 bits per heavy atom. The first-order valence-electron chi connectivity index (χ1n) is 6.03. The average molecular weight is 264 g/mol. The molecule has 1 aromatic rings. The van der Waals surface area contributed by atoms with Crippen molar-refractivity contribution >= 4 is 11.6 Å². The first-order valence-corrected chi connectivity index (χ1v) is 6.03. The summed E-state index contributed by atoms with van der Waals surface area (Å²) in [5.74, 6) is 4.49. The molecule has 0 spiro atoms. The van der Waals surface area contributed by atoms with E-state index in [0.29, 0.717) is 18.9 Å². The standard InChI is InChI=1S/C14H17FN2O2/c1-2-19-9-7-14(18)17-12-6-5-11(4-3-8-16)13(15)10-12/h5-6,10H,2,7-9,16H2,1H3,(H,17,18). The number of nitrogens with one attached hydrogen (secondary N) is 1. The van der Waals surface area contributed by atoms with Gasteiger partial charge in [0.05, 0.1) is 25.1 Å². The van der Waals surface area contributed by atoms with E-state index in [-0.39, 0.29) is 24.4 Å². The monoisotopic (exact) mass is 264 g/mol. The number of carbonyl (C=O) groups is 1. The largest absolute Gasteiger partial charge is 0.381 e. The Bertz CT molecular complexity index is 492. The van der Waals surface area contributed by atoms with Gasteiger partial charge in [0.25, 0.3) is 0 Å². The maximum atomic E-state index is 13.6. The SMILES string of the molecule is CCOCCC(=O)Nc1ccc(C#CCN)c(F)c1. The van der Waals surface area contributed by atoms with Gasteiger partial charge in [0, 0.05) is 12.3 Å². The Morgan fingerprint density at radius 3 is 2.95 bits per heavy atom. The maximum Gasteiger partial charge on any atom is 0.226 e. The molecule has 0 aromatic heterocycles. The molecule has 5 heteroatoms. The molecule has 0 saturated heterocycles. The molecule has 1 rings (SSSR count). The lowest BCUT2D eigenvalue weighted by molar-refractivity contribution is -0.117. The summed E-state index contributed by atoms with van der Waals surface area (Å²) < 4.78 is 18.7. The molecule has 0 fully saturated rings. The number of hydrogen-bond acceptors (Lipinski definition) is 3. The minimum atomic E-state index is -0.483. The summed E-state index contributed by atoms with van der Waals surface area (Å²) >= 11 is 0. The number of ether oxygens (including phenoxy) is 1. The summed E-state index contributed by atoms with van der Waals surface area (Å²) in [6.45, 7) is 2.95. The van der Waals surface area contributed by atoms with Crippen molar-refractivity contribution in [2.75, 3.05) is 25.1 Å². The molecule has 0 atom stereocenters. The van der Waals surface area contributed by atoms with E-state index in [4.69, 9.17) is 10.5 Å². The number of anilines is 1. The van der Waals surface area contributed by atoms with Crippen LogP contribution >= 0.6 is 0 Å². The van der Waals surface area contributed by atoms with Gasteiger partial charge >= 0.3 is 0 Å². The lowest BCUT2D eigenvalue weighted by atomic mass is 10.2. The van der Waals surface area contributed by atoms with Crippen molar-refractivity contribution in [2.24, 2.45) is 5.73 Å². The quantitative estimate of drug-likeness (QED) is 0.625. The second-order valence-corrected chi connectivity index (χ2v) is 3.70. The van der Waals surface area contributed by atoms with Crippen LogP contribution in [0.4, 0.5) is 10.1 Å². The van der Waals surface area contributed by atoms with Crippen molar-refractivity contribution in [3.8, 4) is 11.8 Å². The van der Waals surface area contributed by atoms with E-state index in [0.717, 1.165) is 0 Å². The van der Waals surface area contributed by atoms with Crippen LogP contribution in [0, 0.1) is 17.7 Å². The molecule has 0 aliphatic carbocycles. The fourth-order valence-electron chi connectivity index (χ4n) is 1.37. The number of halogens is 1. The van der Waals surface area contributed by atoms with Crippen molar-refractivity contribution in [3.63, 3.8) is 0 Å². The topological polar surface area (TPSA) is 64.3 Å². The number of rotatable bonds is 5. The number of hydrogen-bond donors (Lipinski definition) is 2. The first-order chi connectivity index (χ1) is 9.17. The highest BCUT2D eigenvalue weighted by Gasteiger charge is 2.05. The van der Waals surface area contributed by atoms with Crippen LogP contribution in [0.5, 0.6) is 0 Å². The molecule has 4 nitrogen and oxygen atoms in total. The first kappa shape index (κ1) is 15.2. The summed E-state index contributed by atoms with van der Waals surface area (Å²) in [4.78, 5) is 11.5. The van der Waals surface area contributed by atoms with Gasteiger partial charge in [0.1, 0.15) is 5.82 Å². The Balaban J connectivity index is 2.60. The highest BCUT2D eigenvalue weighted by atomic mass is 19.1. The molecule has 0 heterocycles. The van der Waals surface area contributed by atoms with E-state index < -0.39 is 5.82 Å². The van der Waals surface area contributed by atoms with Crippen LogP contribution in [0.15, 0.2) is 18.2 Å². The third-order valence-corrected chi connectivity index (χ3v) is 2.26. The van der Waals surface area contributed by atoms with Gasteiger partial charge in [0.15, 0.2) is 0 Å². The summed E-state index contributed by atoms with van der Waals surface area (Å²) in [5, 5.41) is 2.59. The van der Waals surface area contributed by atoms with Gasteiger partial charge in [-0.3, -0.25) is 4.79 Å². The molecule has 0 radical (unpaired) electrons. The Hall–Kier alpha value is -1.90. The summed E-state index contributed by atoms with van der Waals surface area (Å²) in [5.41, 5.74) is 5.88. The van der Waals surface area contributed by atoms with E-state index in [2.05, 4.69) is 17.2 Å². The van der Waals surface area contributed by atoms with E-state index >= 15 is 0 Å². The maximum absolute atomic E-state index is 13.6. The van der Waals surface area contributed by atoms with E-state index in [9.17, 15) is 9.18 Å². The Labute approximate surface area is 112 Å². The van der Waals surface area contributed by atoms with Gasteiger partial charge < -0.3 is 15.8 Å². The van der Waals surface area contributed by atoms with Crippen LogP contribution in [0.1, 0.15) is 18.9 Å².